The third-order valence-electron chi connectivity index (χ3n) is 3.18. The fourth-order valence-electron chi connectivity index (χ4n) is 2.26. The Morgan fingerprint density at radius 3 is 3.26 bits per heavy atom. The van der Waals surface area contributed by atoms with Gasteiger partial charge >= 0.3 is 0 Å². The summed E-state index contributed by atoms with van der Waals surface area (Å²) in [5, 5.41) is 6.26. The summed E-state index contributed by atoms with van der Waals surface area (Å²) in [5.74, 6) is -0.000784. The first kappa shape index (κ1) is 13.5. The van der Waals surface area contributed by atoms with Crippen molar-refractivity contribution in [3.8, 4) is 0 Å². The van der Waals surface area contributed by atoms with Crippen molar-refractivity contribution in [2.24, 2.45) is 0 Å². The van der Waals surface area contributed by atoms with Crippen LogP contribution in [0, 0.1) is 0 Å². The normalized spacial score (nSPS) is 13.1. The molecule has 1 aliphatic rings. The first-order valence-corrected chi connectivity index (χ1v) is 6.69. The van der Waals surface area contributed by atoms with Gasteiger partial charge in [-0.15, -0.1) is 0 Å². The van der Waals surface area contributed by atoms with Crippen molar-refractivity contribution in [1.29, 1.82) is 0 Å². The molecule has 4 heteroatoms. The molecule has 0 spiro atoms. The van der Waals surface area contributed by atoms with E-state index in [4.69, 9.17) is 4.74 Å². The van der Waals surface area contributed by atoms with E-state index in [0.717, 1.165) is 42.6 Å². The van der Waals surface area contributed by atoms with Crippen molar-refractivity contribution in [1.82, 2.24) is 5.32 Å². The summed E-state index contributed by atoms with van der Waals surface area (Å²) in [6.45, 7) is 5.65. The lowest BCUT2D eigenvalue weighted by Gasteiger charge is -2.20. The summed E-state index contributed by atoms with van der Waals surface area (Å²) in [5.41, 5.74) is 3.01. The third kappa shape index (κ3) is 3.50. The minimum Gasteiger partial charge on any atom is -0.502 e. The number of carbonyl (C=O) groups is 1. The van der Waals surface area contributed by atoms with Crippen molar-refractivity contribution in [2.75, 3.05) is 25.0 Å². The lowest BCUT2D eigenvalue weighted by Crippen LogP contribution is -2.27. The fourth-order valence-corrected chi connectivity index (χ4v) is 2.26. The molecule has 0 saturated carbocycles. The molecule has 0 saturated heterocycles. The van der Waals surface area contributed by atoms with E-state index in [1.165, 1.54) is 6.26 Å². The summed E-state index contributed by atoms with van der Waals surface area (Å²) in [6, 6.07) is 5.84. The van der Waals surface area contributed by atoms with E-state index in [1.54, 1.807) is 0 Å². The molecule has 102 valence electrons. The summed E-state index contributed by atoms with van der Waals surface area (Å²) in [6.07, 6.45) is 4.24. The quantitative estimate of drug-likeness (QED) is 0.609. The number of carbonyl (C=O) groups excluding carboxylic acids is 1. The number of ether oxygens (including phenoxy) is 1. The highest BCUT2D eigenvalue weighted by Gasteiger charge is 2.16. The van der Waals surface area contributed by atoms with E-state index in [9.17, 15) is 4.79 Å². The highest BCUT2D eigenvalue weighted by atomic mass is 16.5. The number of hydrogen-bond donors (Lipinski definition) is 2. The summed E-state index contributed by atoms with van der Waals surface area (Å²) >= 11 is 0. The molecular formula is C15H20N2O2. The largest absolute Gasteiger partial charge is 0.502 e. The maximum Gasteiger partial charge on any atom is 0.251 e. The van der Waals surface area contributed by atoms with E-state index in [2.05, 4.69) is 17.2 Å². The first-order chi connectivity index (χ1) is 9.33. The molecule has 4 nitrogen and oxygen atoms in total. The Balaban J connectivity index is 1.93. The maximum atomic E-state index is 12.1. The molecule has 1 heterocycles. The maximum absolute atomic E-state index is 12.1. The van der Waals surface area contributed by atoms with Gasteiger partial charge in [0.15, 0.2) is 0 Å². The van der Waals surface area contributed by atoms with Gasteiger partial charge in [-0.05, 0) is 37.0 Å². The van der Waals surface area contributed by atoms with Crippen molar-refractivity contribution < 1.29 is 9.53 Å². The molecule has 1 aliphatic heterocycles. The molecule has 2 N–H and O–H groups in total. The number of hydrogen-bond acceptors (Lipinski definition) is 3. The van der Waals surface area contributed by atoms with Crippen LogP contribution in [0.3, 0.4) is 0 Å². The Morgan fingerprint density at radius 2 is 2.42 bits per heavy atom. The fraction of sp³-hybridized carbons (Fsp3) is 0.400. The van der Waals surface area contributed by atoms with Crippen molar-refractivity contribution in [3.05, 3.63) is 42.2 Å². The minimum atomic E-state index is -0.000784. The van der Waals surface area contributed by atoms with Gasteiger partial charge in [-0.3, -0.25) is 4.79 Å². The van der Waals surface area contributed by atoms with Crippen LogP contribution in [0.15, 0.2) is 31.0 Å². The Labute approximate surface area is 113 Å². The molecule has 1 aromatic carbocycles. The van der Waals surface area contributed by atoms with E-state index in [0.29, 0.717) is 13.2 Å². The van der Waals surface area contributed by atoms with Crippen LogP contribution in [-0.2, 0) is 11.2 Å². The van der Waals surface area contributed by atoms with Crippen LogP contribution < -0.4 is 10.6 Å². The van der Waals surface area contributed by atoms with Crippen LogP contribution in [0.25, 0.3) is 0 Å². The Morgan fingerprint density at radius 1 is 1.53 bits per heavy atom. The predicted octanol–water partition coefficient (Wildman–Crippen LogP) is 2.32. The van der Waals surface area contributed by atoms with Crippen molar-refractivity contribution in [2.45, 2.75) is 19.3 Å². The molecule has 2 rings (SSSR count). The van der Waals surface area contributed by atoms with Gasteiger partial charge in [0, 0.05) is 24.3 Å². The van der Waals surface area contributed by atoms with E-state index in [-0.39, 0.29) is 5.91 Å². The molecule has 0 aliphatic carbocycles. The average molecular weight is 260 g/mol. The monoisotopic (exact) mass is 260 g/mol. The van der Waals surface area contributed by atoms with Crippen LogP contribution in [0.2, 0.25) is 0 Å². The second-order valence-corrected chi connectivity index (χ2v) is 4.51. The first-order valence-electron chi connectivity index (χ1n) is 6.69. The van der Waals surface area contributed by atoms with Crippen molar-refractivity contribution >= 4 is 11.6 Å². The molecule has 0 bridgehead atoms. The number of anilines is 1. The topological polar surface area (TPSA) is 50.4 Å². The minimum absolute atomic E-state index is 0.000784. The van der Waals surface area contributed by atoms with E-state index < -0.39 is 0 Å². The molecule has 0 unspecified atom stereocenters. The van der Waals surface area contributed by atoms with E-state index >= 15 is 0 Å². The smallest absolute Gasteiger partial charge is 0.251 e. The summed E-state index contributed by atoms with van der Waals surface area (Å²) in [4.78, 5) is 12.1. The molecule has 0 fully saturated rings. The van der Waals surface area contributed by atoms with Crippen LogP contribution in [0.4, 0.5) is 5.69 Å². The molecule has 19 heavy (non-hydrogen) atoms. The zero-order valence-electron chi connectivity index (χ0n) is 11.1. The lowest BCUT2D eigenvalue weighted by molar-refractivity contribution is 0.0949. The molecule has 0 radical (unpaired) electrons. The SMILES string of the molecule is C=COCCCNC(=O)c1cccc2c1CCCN2. The predicted molar refractivity (Wildman–Crippen MR) is 76.4 cm³/mol. The number of rotatable bonds is 6. The van der Waals surface area contributed by atoms with Crippen LogP contribution in [0.5, 0.6) is 0 Å². The van der Waals surface area contributed by atoms with Gasteiger partial charge in [0.2, 0.25) is 0 Å². The lowest BCUT2D eigenvalue weighted by atomic mass is 9.97. The number of fused-ring (bicyclic) bond motifs is 1. The second-order valence-electron chi connectivity index (χ2n) is 4.51. The van der Waals surface area contributed by atoms with Crippen LogP contribution >= 0.6 is 0 Å². The summed E-state index contributed by atoms with van der Waals surface area (Å²) in [7, 11) is 0. The zero-order valence-corrected chi connectivity index (χ0v) is 11.1. The van der Waals surface area contributed by atoms with Crippen LogP contribution in [0.1, 0.15) is 28.8 Å². The molecule has 1 amide bonds. The van der Waals surface area contributed by atoms with Gasteiger partial charge in [-0.1, -0.05) is 12.6 Å². The Kier molecular flexibility index (Phi) is 4.84. The highest BCUT2D eigenvalue weighted by Crippen LogP contribution is 2.25. The summed E-state index contributed by atoms with van der Waals surface area (Å²) < 4.78 is 5.01. The van der Waals surface area contributed by atoms with Crippen molar-refractivity contribution in [3.63, 3.8) is 0 Å². The van der Waals surface area contributed by atoms with Gasteiger partial charge in [-0.25, -0.2) is 0 Å². The van der Waals surface area contributed by atoms with Crippen LogP contribution in [-0.4, -0.2) is 25.6 Å². The Bertz CT molecular complexity index is 457. The van der Waals surface area contributed by atoms with E-state index in [1.807, 2.05) is 18.2 Å². The van der Waals surface area contributed by atoms with Gasteiger partial charge in [0.25, 0.3) is 5.91 Å². The molecule has 1 aromatic rings. The standard InChI is InChI=1S/C15H20N2O2/c1-2-19-11-5-10-17-15(18)13-6-3-8-14-12(13)7-4-9-16-14/h2-3,6,8,16H,1,4-5,7,9-11H2,(H,17,18). The number of amides is 1. The molecule has 0 aromatic heterocycles. The van der Waals surface area contributed by atoms with Gasteiger partial charge in [-0.2, -0.15) is 0 Å². The zero-order chi connectivity index (χ0) is 13.5. The van der Waals surface area contributed by atoms with Gasteiger partial charge in [0.05, 0.1) is 12.9 Å². The molecule has 0 atom stereocenters. The van der Waals surface area contributed by atoms with Gasteiger partial charge in [0.1, 0.15) is 0 Å². The third-order valence-corrected chi connectivity index (χ3v) is 3.18. The molecular weight excluding hydrogens is 240 g/mol. The number of benzene rings is 1. The Hall–Kier alpha value is -1.97. The second kappa shape index (κ2) is 6.83. The number of nitrogens with one attached hydrogen (secondary N) is 2. The highest BCUT2D eigenvalue weighted by molar-refractivity contribution is 5.97. The van der Waals surface area contributed by atoms with Gasteiger partial charge < -0.3 is 15.4 Å². The average Bonchev–Trinajstić information content (AvgIpc) is 2.46.